The van der Waals surface area contributed by atoms with E-state index in [9.17, 15) is 8.42 Å². The third kappa shape index (κ3) is 3.30. The second-order valence-electron chi connectivity index (χ2n) is 4.20. The molecule has 3 N–H and O–H groups in total. The van der Waals surface area contributed by atoms with Crippen LogP contribution < -0.4 is 10.5 Å². The molecule has 0 aliphatic heterocycles. The van der Waals surface area contributed by atoms with Gasteiger partial charge in [-0.3, -0.25) is 4.98 Å². The average Bonchev–Trinajstić information content (AvgIpc) is 2.37. The van der Waals surface area contributed by atoms with Gasteiger partial charge in [0.25, 0.3) is 0 Å². The van der Waals surface area contributed by atoms with Crippen molar-refractivity contribution >= 4 is 15.7 Å². The van der Waals surface area contributed by atoms with Gasteiger partial charge in [0.1, 0.15) is 0 Å². The Hall–Kier alpha value is -1.92. The fraction of sp³-hybridized carbons (Fsp3) is 0.154. The molecule has 19 heavy (non-hydrogen) atoms. The van der Waals surface area contributed by atoms with Crippen molar-refractivity contribution in [3.63, 3.8) is 0 Å². The van der Waals surface area contributed by atoms with Crippen molar-refractivity contribution in [1.82, 2.24) is 9.71 Å². The smallest absolute Gasteiger partial charge is 0.241 e. The lowest BCUT2D eigenvalue weighted by atomic mass is 10.2. The summed E-state index contributed by atoms with van der Waals surface area (Å²) in [4.78, 5) is 4.13. The molecular weight excluding hydrogens is 262 g/mol. The topological polar surface area (TPSA) is 85.1 Å². The number of rotatable bonds is 4. The van der Waals surface area contributed by atoms with Crippen LogP contribution in [0.15, 0.2) is 47.6 Å². The van der Waals surface area contributed by atoms with Gasteiger partial charge in [-0.1, -0.05) is 0 Å². The molecule has 1 heterocycles. The first kappa shape index (κ1) is 13.5. The average molecular weight is 277 g/mol. The maximum Gasteiger partial charge on any atom is 0.241 e. The van der Waals surface area contributed by atoms with Crippen LogP contribution in [0.1, 0.15) is 11.1 Å². The number of anilines is 1. The second-order valence-corrected chi connectivity index (χ2v) is 5.94. The third-order valence-corrected chi connectivity index (χ3v) is 4.27. The first-order chi connectivity index (χ1) is 8.99. The Balaban J connectivity index is 2.19. The molecule has 0 saturated carbocycles. The lowest BCUT2D eigenvalue weighted by Crippen LogP contribution is -2.24. The van der Waals surface area contributed by atoms with Crippen LogP contribution in [0.2, 0.25) is 0 Å². The van der Waals surface area contributed by atoms with Crippen molar-refractivity contribution in [1.29, 1.82) is 0 Å². The summed E-state index contributed by atoms with van der Waals surface area (Å²) in [6.07, 6.45) is 3.25. The van der Waals surface area contributed by atoms with Crippen molar-refractivity contribution in [3.8, 4) is 0 Å². The molecule has 0 unspecified atom stereocenters. The molecule has 1 aromatic carbocycles. The van der Waals surface area contributed by atoms with E-state index in [2.05, 4.69) is 9.71 Å². The normalized spacial score (nSPS) is 11.4. The number of nitrogen functional groups attached to an aromatic ring is 1. The minimum absolute atomic E-state index is 0.231. The number of pyridine rings is 1. The highest BCUT2D eigenvalue weighted by molar-refractivity contribution is 7.89. The van der Waals surface area contributed by atoms with Crippen LogP contribution in [-0.4, -0.2) is 13.4 Å². The van der Waals surface area contributed by atoms with Gasteiger partial charge in [-0.2, -0.15) is 0 Å². The fourth-order valence-corrected chi connectivity index (χ4v) is 2.97. The fourth-order valence-electron chi connectivity index (χ4n) is 1.73. The summed E-state index contributed by atoms with van der Waals surface area (Å²) in [6.45, 7) is 1.95. The van der Waals surface area contributed by atoms with Crippen molar-refractivity contribution < 1.29 is 8.42 Å². The minimum Gasteiger partial charge on any atom is -0.399 e. The molecule has 0 atom stereocenters. The highest BCUT2D eigenvalue weighted by atomic mass is 32.2. The van der Waals surface area contributed by atoms with Gasteiger partial charge in [0.15, 0.2) is 0 Å². The van der Waals surface area contributed by atoms with Crippen molar-refractivity contribution in [2.45, 2.75) is 18.4 Å². The molecular formula is C13H15N3O2S. The molecule has 6 heteroatoms. The summed E-state index contributed by atoms with van der Waals surface area (Å²) in [6, 6.07) is 8.26. The van der Waals surface area contributed by atoms with E-state index < -0.39 is 10.0 Å². The van der Waals surface area contributed by atoms with Gasteiger partial charge in [-0.15, -0.1) is 0 Å². The second kappa shape index (κ2) is 5.38. The summed E-state index contributed by atoms with van der Waals surface area (Å²) in [5.41, 5.74) is 7.64. The van der Waals surface area contributed by atoms with E-state index in [0.29, 0.717) is 11.3 Å². The van der Waals surface area contributed by atoms with Crippen LogP contribution >= 0.6 is 0 Å². The predicted molar refractivity (Wildman–Crippen MR) is 73.9 cm³/mol. The zero-order chi connectivity index (χ0) is 13.9. The summed E-state index contributed by atoms with van der Waals surface area (Å²) >= 11 is 0. The number of hydrogen-bond acceptors (Lipinski definition) is 4. The zero-order valence-electron chi connectivity index (χ0n) is 10.5. The maximum absolute atomic E-state index is 12.2. The number of aromatic nitrogens is 1. The van der Waals surface area contributed by atoms with Crippen molar-refractivity contribution in [2.75, 3.05) is 5.73 Å². The summed E-state index contributed by atoms with van der Waals surface area (Å²) in [7, 11) is -3.53. The molecule has 0 spiro atoms. The Labute approximate surface area is 112 Å². The SMILES string of the molecule is Cc1cc(N)ccc1S(=O)(=O)NCc1ccncc1. The lowest BCUT2D eigenvalue weighted by molar-refractivity contribution is 0.580. The van der Waals surface area contributed by atoms with Crippen LogP contribution in [0.5, 0.6) is 0 Å². The quantitative estimate of drug-likeness (QED) is 0.828. The largest absolute Gasteiger partial charge is 0.399 e. The highest BCUT2D eigenvalue weighted by Crippen LogP contribution is 2.17. The van der Waals surface area contributed by atoms with Crippen LogP contribution in [0.25, 0.3) is 0 Å². The first-order valence-corrected chi connectivity index (χ1v) is 7.22. The summed E-state index contributed by atoms with van der Waals surface area (Å²) in [5, 5.41) is 0. The molecule has 2 aromatic rings. The van der Waals surface area contributed by atoms with E-state index in [-0.39, 0.29) is 11.4 Å². The molecule has 0 aliphatic carbocycles. The molecule has 1 aromatic heterocycles. The monoisotopic (exact) mass is 277 g/mol. The molecule has 100 valence electrons. The number of nitrogens with zero attached hydrogens (tertiary/aromatic N) is 1. The van der Waals surface area contributed by atoms with Gasteiger partial charge < -0.3 is 5.73 Å². The summed E-state index contributed by atoms with van der Waals surface area (Å²) in [5.74, 6) is 0. The Morgan fingerprint density at radius 3 is 2.53 bits per heavy atom. The third-order valence-electron chi connectivity index (χ3n) is 2.70. The van der Waals surface area contributed by atoms with Crippen molar-refractivity contribution in [3.05, 3.63) is 53.9 Å². The van der Waals surface area contributed by atoms with Gasteiger partial charge in [0.2, 0.25) is 10.0 Å². The molecule has 0 bridgehead atoms. The minimum atomic E-state index is -3.53. The molecule has 0 radical (unpaired) electrons. The number of nitrogens with one attached hydrogen (secondary N) is 1. The Bertz CT molecular complexity index is 670. The standard InChI is InChI=1S/C13H15N3O2S/c1-10-8-12(14)2-3-13(10)19(17,18)16-9-11-4-6-15-7-5-11/h2-8,16H,9,14H2,1H3. The maximum atomic E-state index is 12.2. The van der Waals surface area contributed by atoms with E-state index in [1.807, 2.05) is 0 Å². The number of aryl methyl sites for hydroxylation is 1. The van der Waals surface area contributed by atoms with Crippen LogP contribution in [-0.2, 0) is 16.6 Å². The van der Waals surface area contributed by atoms with Gasteiger partial charge in [0.05, 0.1) is 4.90 Å². The van der Waals surface area contributed by atoms with E-state index >= 15 is 0 Å². The van der Waals surface area contributed by atoms with E-state index in [4.69, 9.17) is 5.73 Å². The summed E-state index contributed by atoms with van der Waals surface area (Å²) < 4.78 is 26.9. The van der Waals surface area contributed by atoms with Crippen LogP contribution in [0.4, 0.5) is 5.69 Å². The van der Waals surface area contributed by atoms with Gasteiger partial charge in [0, 0.05) is 24.6 Å². The molecule has 5 nitrogen and oxygen atoms in total. The van der Waals surface area contributed by atoms with E-state index in [1.165, 1.54) is 6.07 Å². The van der Waals surface area contributed by atoms with E-state index in [0.717, 1.165) is 5.56 Å². The number of nitrogens with two attached hydrogens (primary N) is 1. The first-order valence-electron chi connectivity index (χ1n) is 5.74. The molecule has 0 amide bonds. The van der Waals surface area contributed by atoms with Crippen molar-refractivity contribution in [2.24, 2.45) is 0 Å². The number of hydrogen-bond donors (Lipinski definition) is 2. The molecule has 0 fully saturated rings. The highest BCUT2D eigenvalue weighted by Gasteiger charge is 2.16. The lowest BCUT2D eigenvalue weighted by Gasteiger charge is -2.09. The molecule has 2 rings (SSSR count). The van der Waals surface area contributed by atoms with Gasteiger partial charge in [-0.25, -0.2) is 13.1 Å². The predicted octanol–water partition coefficient (Wildman–Crippen LogP) is 1.45. The molecule has 0 saturated heterocycles. The Morgan fingerprint density at radius 1 is 1.21 bits per heavy atom. The number of benzene rings is 1. The van der Waals surface area contributed by atoms with Crippen LogP contribution in [0.3, 0.4) is 0 Å². The zero-order valence-corrected chi connectivity index (χ0v) is 11.3. The Kier molecular flexibility index (Phi) is 3.82. The van der Waals surface area contributed by atoms with Gasteiger partial charge >= 0.3 is 0 Å². The van der Waals surface area contributed by atoms with Gasteiger partial charge in [-0.05, 0) is 48.4 Å². The Morgan fingerprint density at radius 2 is 1.89 bits per heavy atom. The molecule has 0 aliphatic rings. The number of sulfonamides is 1. The van der Waals surface area contributed by atoms with Crippen LogP contribution in [0, 0.1) is 6.92 Å². The van der Waals surface area contributed by atoms with E-state index in [1.54, 1.807) is 43.6 Å².